The summed E-state index contributed by atoms with van der Waals surface area (Å²) in [5.41, 5.74) is 0.229. The number of nitrogens with zero attached hydrogens (tertiary/aromatic N) is 1. The lowest BCUT2D eigenvalue weighted by molar-refractivity contribution is -0.385. The van der Waals surface area contributed by atoms with Gasteiger partial charge in [0.2, 0.25) is 0 Å². The predicted octanol–water partition coefficient (Wildman–Crippen LogP) is 3.64. The van der Waals surface area contributed by atoms with E-state index >= 15 is 0 Å². The lowest BCUT2D eigenvalue weighted by Gasteiger charge is -2.12. The van der Waals surface area contributed by atoms with E-state index in [0.29, 0.717) is 5.56 Å². The van der Waals surface area contributed by atoms with Crippen LogP contribution < -0.4 is 9.44 Å². The molecule has 31 heavy (non-hydrogen) atoms. The first-order valence-electron chi connectivity index (χ1n) is 8.64. The zero-order chi connectivity index (χ0) is 22.8. The van der Waals surface area contributed by atoms with Crippen LogP contribution in [0.1, 0.15) is 5.56 Å². The average molecular weight is 465 g/mol. The van der Waals surface area contributed by atoms with Gasteiger partial charge in [-0.15, -0.1) is 0 Å². The molecule has 3 rings (SSSR count). The number of hydrogen-bond acceptors (Lipinski definition) is 6. The van der Waals surface area contributed by atoms with Gasteiger partial charge in [-0.25, -0.2) is 21.2 Å². The maximum Gasteiger partial charge on any atom is 0.270 e. The second kappa shape index (κ2) is 8.32. The van der Waals surface area contributed by atoms with Crippen LogP contribution >= 0.6 is 0 Å². The van der Waals surface area contributed by atoms with E-state index in [9.17, 15) is 31.3 Å². The Labute approximate surface area is 177 Å². The first-order valence-corrected chi connectivity index (χ1v) is 11.6. The van der Waals surface area contributed by atoms with Crippen molar-refractivity contribution < 1.29 is 26.1 Å². The maximum atomic E-state index is 13.0. The van der Waals surface area contributed by atoms with Gasteiger partial charge in [-0.3, -0.25) is 19.6 Å². The number of halogens is 1. The molecule has 0 unspecified atom stereocenters. The van der Waals surface area contributed by atoms with Crippen molar-refractivity contribution in [2.75, 3.05) is 9.44 Å². The molecule has 0 radical (unpaired) electrons. The van der Waals surface area contributed by atoms with Gasteiger partial charge in [-0.1, -0.05) is 6.07 Å². The minimum absolute atomic E-state index is 0.121. The first-order chi connectivity index (χ1) is 14.5. The molecule has 162 valence electrons. The number of sulfonamides is 2. The number of anilines is 2. The molecule has 3 aromatic carbocycles. The van der Waals surface area contributed by atoms with Crippen LogP contribution in [0.25, 0.3) is 0 Å². The highest BCUT2D eigenvalue weighted by Gasteiger charge is 2.21. The Morgan fingerprint density at radius 3 is 1.84 bits per heavy atom. The Balaban J connectivity index is 1.80. The number of hydrogen-bond donors (Lipinski definition) is 2. The number of nitrogens with one attached hydrogen (secondary N) is 2. The molecular formula is C19H16FN3O6S2. The average Bonchev–Trinajstić information content (AvgIpc) is 2.69. The zero-order valence-corrected chi connectivity index (χ0v) is 17.6. The summed E-state index contributed by atoms with van der Waals surface area (Å²) in [7, 11) is -8.08. The molecule has 12 heteroatoms. The molecule has 0 amide bonds. The molecule has 0 spiro atoms. The van der Waals surface area contributed by atoms with E-state index in [-0.39, 0.29) is 26.9 Å². The van der Waals surface area contributed by atoms with Crippen LogP contribution in [0.3, 0.4) is 0 Å². The highest BCUT2D eigenvalue weighted by Crippen LogP contribution is 2.25. The number of nitro benzene ring substituents is 1. The summed E-state index contributed by atoms with van der Waals surface area (Å²) in [6.45, 7) is 1.51. The van der Waals surface area contributed by atoms with Gasteiger partial charge in [0, 0.05) is 23.5 Å². The van der Waals surface area contributed by atoms with E-state index in [0.717, 1.165) is 30.3 Å². The number of nitro groups is 1. The fourth-order valence-electron chi connectivity index (χ4n) is 2.64. The Bertz CT molecular complexity index is 1340. The third-order valence-electron chi connectivity index (χ3n) is 4.19. The van der Waals surface area contributed by atoms with Crippen LogP contribution in [0.5, 0.6) is 0 Å². The lowest BCUT2D eigenvalue weighted by Crippen LogP contribution is -2.15. The minimum Gasteiger partial charge on any atom is -0.280 e. The molecule has 0 aliphatic heterocycles. The van der Waals surface area contributed by atoms with Crippen LogP contribution in [-0.4, -0.2) is 21.8 Å². The second-order valence-electron chi connectivity index (χ2n) is 6.45. The van der Waals surface area contributed by atoms with Gasteiger partial charge in [0.15, 0.2) is 0 Å². The van der Waals surface area contributed by atoms with Crippen LogP contribution in [-0.2, 0) is 20.0 Å². The molecule has 0 atom stereocenters. The quantitative estimate of drug-likeness (QED) is 0.404. The molecule has 0 aliphatic carbocycles. The SMILES string of the molecule is Cc1ccc([N+](=O)[O-])cc1S(=O)(=O)Nc1ccc(NS(=O)(=O)c2ccc(F)cc2)cc1. The van der Waals surface area contributed by atoms with Crippen molar-refractivity contribution in [2.45, 2.75) is 16.7 Å². The van der Waals surface area contributed by atoms with Crippen molar-refractivity contribution in [1.82, 2.24) is 0 Å². The largest absolute Gasteiger partial charge is 0.280 e. The van der Waals surface area contributed by atoms with Crippen LogP contribution in [0, 0.1) is 22.9 Å². The number of benzene rings is 3. The van der Waals surface area contributed by atoms with E-state index in [4.69, 9.17) is 0 Å². The Hall–Kier alpha value is -3.51. The Morgan fingerprint density at radius 1 is 0.806 bits per heavy atom. The highest BCUT2D eigenvalue weighted by molar-refractivity contribution is 7.93. The fraction of sp³-hybridized carbons (Fsp3) is 0.0526. The van der Waals surface area contributed by atoms with Crippen molar-refractivity contribution >= 4 is 37.1 Å². The van der Waals surface area contributed by atoms with E-state index in [2.05, 4.69) is 9.44 Å². The molecule has 0 bridgehead atoms. The molecule has 0 heterocycles. The number of rotatable bonds is 7. The van der Waals surface area contributed by atoms with Crippen molar-refractivity contribution in [3.63, 3.8) is 0 Å². The summed E-state index contributed by atoms with van der Waals surface area (Å²) in [5.74, 6) is -0.574. The van der Waals surface area contributed by atoms with Crippen molar-refractivity contribution in [3.05, 3.63) is 88.2 Å². The van der Waals surface area contributed by atoms with Gasteiger partial charge in [-0.05, 0) is 61.0 Å². The van der Waals surface area contributed by atoms with Crippen molar-refractivity contribution in [1.29, 1.82) is 0 Å². The fourth-order valence-corrected chi connectivity index (χ4v) is 5.02. The summed E-state index contributed by atoms with van der Waals surface area (Å²) >= 11 is 0. The van der Waals surface area contributed by atoms with Gasteiger partial charge in [0.1, 0.15) is 5.82 Å². The van der Waals surface area contributed by atoms with Gasteiger partial charge < -0.3 is 0 Å². The smallest absolute Gasteiger partial charge is 0.270 e. The zero-order valence-electron chi connectivity index (χ0n) is 15.9. The topological polar surface area (TPSA) is 135 Å². The van der Waals surface area contributed by atoms with Gasteiger partial charge >= 0.3 is 0 Å². The third kappa shape index (κ3) is 5.16. The van der Waals surface area contributed by atoms with Gasteiger partial charge in [-0.2, -0.15) is 0 Å². The molecule has 0 saturated heterocycles. The summed E-state index contributed by atoms with van der Waals surface area (Å²) in [5, 5.41) is 10.9. The highest BCUT2D eigenvalue weighted by atomic mass is 32.2. The van der Waals surface area contributed by atoms with Crippen molar-refractivity contribution in [3.8, 4) is 0 Å². The molecule has 0 saturated carbocycles. The van der Waals surface area contributed by atoms with Crippen LogP contribution in [0.15, 0.2) is 76.5 Å². The standard InChI is InChI=1S/C19H16FN3O6S2/c1-13-2-9-17(23(24)25)12-19(13)31(28,29)22-16-7-5-15(6-8-16)21-30(26,27)18-10-3-14(20)4-11-18/h2-12,21-22H,1H3. The molecule has 0 aliphatic rings. The van der Waals surface area contributed by atoms with Crippen LogP contribution in [0.4, 0.5) is 21.5 Å². The van der Waals surface area contributed by atoms with E-state index in [1.807, 2.05) is 0 Å². The summed E-state index contributed by atoms with van der Waals surface area (Å²) in [6, 6.07) is 13.1. The number of non-ortho nitro benzene ring substituents is 1. The van der Waals surface area contributed by atoms with E-state index in [1.54, 1.807) is 0 Å². The van der Waals surface area contributed by atoms with E-state index < -0.39 is 30.8 Å². The van der Waals surface area contributed by atoms with Crippen molar-refractivity contribution in [2.24, 2.45) is 0 Å². The molecule has 0 fully saturated rings. The molecule has 0 aromatic heterocycles. The Kier molecular flexibility index (Phi) is 5.95. The van der Waals surface area contributed by atoms with E-state index in [1.165, 1.54) is 43.3 Å². The predicted molar refractivity (Wildman–Crippen MR) is 112 cm³/mol. The number of aryl methyl sites for hydroxylation is 1. The Morgan fingerprint density at radius 2 is 1.32 bits per heavy atom. The molecule has 3 aromatic rings. The summed E-state index contributed by atoms with van der Waals surface area (Å²) < 4.78 is 67.6. The monoisotopic (exact) mass is 465 g/mol. The normalized spacial score (nSPS) is 11.7. The van der Waals surface area contributed by atoms with Gasteiger partial charge in [0.25, 0.3) is 25.7 Å². The second-order valence-corrected chi connectivity index (χ2v) is 9.78. The minimum atomic E-state index is -4.12. The summed E-state index contributed by atoms with van der Waals surface area (Å²) in [6.07, 6.45) is 0. The lowest BCUT2D eigenvalue weighted by atomic mass is 10.2. The molecular weight excluding hydrogens is 449 g/mol. The van der Waals surface area contributed by atoms with Crippen LogP contribution in [0.2, 0.25) is 0 Å². The molecule has 9 nitrogen and oxygen atoms in total. The molecule has 2 N–H and O–H groups in total. The summed E-state index contributed by atoms with van der Waals surface area (Å²) in [4.78, 5) is 9.86. The van der Waals surface area contributed by atoms with Gasteiger partial charge in [0.05, 0.1) is 14.7 Å². The maximum absolute atomic E-state index is 13.0. The first kappa shape index (κ1) is 22.2. The third-order valence-corrected chi connectivity index (χ3v) is 7.11.